The summed E-state index contributed by atoms with van der Waals surface area (Å²) in [5.41, 5.74) is 2.11. The standard InChI is InChI=1S/C16H20N4O/c1-12(16(21)19-14-6-7-14)18-15-5-2-4-13(10-15)11-20-9-3-8-17-20/h2-5,8-10,12,14,18H,6-7,11H2,1H3,(H,19,21)/t12-/m1/s1. The van der Waals surface area contributed by atoms with E-state index in [2.05, 4.69) is 27.9 Å². The lowest BCUT2D eigenvalue weighted by Gasteiger charge is -2.15. The van der Waals surface area contributed by atoms with Crippen LogP contribution in [0.5, 0.6) is 0 Å². The van der Waals surface area contributed by atoms with Crippen LogP contribution in [-0.2, 0) is 11.3 Å². The van der Waals surface area contributed by atoms with Gasteiger partial charge in [0.2, 0.25) is 5.91 Å². The Balaban J connectivity index is 1.60. The maximum absolute atomic E-state index is 12.0. The van der Waals surface area contributed by atoms with Gasteiger partial charge in [-0.1, -0.05) is 12.1 Å². The molecular formula is C16H20N4O. The molecule has 2 aromatic rings. The zero-order chi connectivity index (χ0) is 14.7. The van der Waals surface area contributed by atoms with Gasteiger partial charge in [-0.05, 0) is 43.5 Å². The van der Waals surface area contributed by atoms with Crippen LogP contribution >= 0.6 is 0 Å². The summed E-state index contributed by atoms with van der Waals surface area (Å²) >= 11 is 0. The number of carbonyl (C=O) groups is 1. The summed E-state index contributed by atoms with van der Waals surface area (Å²) in [6, 6.07) is 10.2. The average Bonchev–Trinajstić information content (AvgIpc) is 3.13. The Morgan fingerprint density at radius 2 is 2.29 bits per heavy atom. The van der Waals surface area contributed by atoms with Gasteiger partial charge < -0.3 is 10.6 Å². The van der Waals surface area contributed by atoms with Crippen molar-refractivity contribution in [3.05, 3.63) is 48.3 Å². The summed E-state index contributed by atoms with van der Waals surface area (Å²) in [4.78, 5) is 12.0. The molecule has 0 aliphatic heterocycles. The molecule has 1 aliphatic rings. The van der Waals surface area contributed by atoms with Gasteiger partial charge in [0.05, 0.1) is 6.54 Å². The minimum absolute atomic E-state index is 0.0648. The lowest BCUT2D eigenvalue weighted by atomic mass is 10.2. The minimum Gasteiger partial charge on any atom is -0.374 e. The molecule has 1 aliphatic carbocycles. The fourth-order valence-corrected chi connectivity index (χ4v) is 2.21. The third-order valence-corrected chi connectivity index (χ3v) is 3.53. The monoisotopic (exact) mass is 284 g/mol. The molecule has 21 heavy (non-hydrogen) atoms. The number of carbonyl (C=O) groups excluding carboxylic acids is 1. The number of amides is 1. The van der Waals surface area contributed by atoms with E-state index in [1.165, 1.54) is 0 Å². The van der Waals surface area contributed by atoms with Crippen LogP contribution in [-0.4, -0.2) is 27.8 Å². The Bertz CT molecular complexity index is 604. The van der Waals surface area contributed by atoms with Crippen molar-refractivity contribution < 1.29 is 4.79 Å². The summed E-state index contributed by atoms with van der Waals surface area (Å²) in [6.07, 6.45) is 5.92. The van der Waals surface area contributed by atoms with Crippen molar-refractivity contribution >= 4 is 11.6 Å². The van der Waals surface area contributed by atoms with E-state index in [1.54, 1.807) is 6.20 Å². The highest BCUT2D eigenvalue weighted by Crippen LogP contribution is 2.19. The van der Waals surface area contributed by atoms with E-state index in [0.29, 0.717) is 6.04 Å². The van der Waals surface area contributed by atoms with Crippen LogP contribution in [0, 0.1) is 0 Å². The Kier molecular flexibility index (Phi) is 3.90. The van der Waals surface area contributed by atoms with E-state index in [9.17, 15) is 4.79 Å². The average molecular weight is 284 g/mol. The number of aromatic nitrogens is 2. The van der Waals surface area contributed by atoms with Crippen molar-refractivity contribution in [3.8, 4) is 0 Å². The van der Waals surface area contributed by atoms with Crippen molar-refractivity contribution in [1.82, 2.24) is 15.1 Å². The highest BCUT2D eigenvalue weighted by molar-refractivity contribution is 5.84. The quantitative estimate of drug-likeness (QED) is 0.853. The molecule has 1 amide bonds. The summed E-state index contributed by atoms with van der Waals surface area (Å²) in [7, 11) is 0. The van der Waals surface area contributed by atoms with Gasteiger partial charge in [-0.15, -0.1) is 0 Å². The highest BCUT2D eigenvalue weighted by atomic mass is 16.2. The Hall–Kier alpha value is -2.30. The first-order valence-corrected chi connectivity index (χ1v) is 7.34. The topological polar surface area (TPSA) is 59.0 Å². The van der Waals surface area contributed by atoms with Crippen LogP contribution in [0.15, 0.2) is 42.7 Å². The first-order chi connectivity index (χ1) is 10.2. The van der Waals surface area contributed by atoms with E-state index >= 15 is 0 Å². The normalized spacial score (nSPS) is 15.5. The molecule has 0 radical (unpaired) electrons. The van der Waals surface area contributed by atoms with Gasteiger partial charge in [0, 0.05) is 24.1 Å². The number of benzene rings is 1. The minimum atomic E-state index is -0.231. The first kappa shape index (κ1) is 13.7. The van der Waals surface area contributed by atoms with Crippen LogP contribution < -0.4 is 10.6 Å². The van der Waals surface area contributed by atoms with Gasteiger partial charge in [-0.25, -0.2) is 0 Å². The number of hydrogen-bond donors (Lipinski definition) is 2. The zero-order valence-corrected chi connectivity index (χ0v) is 12.1. The van der Waals surface area contributed by atoms with Crippen molar-refractivity contribution in [2.45, 2.75) is 38.4 Å². The molecule has 1 heterocycles. The van der Waals surface area contributed by atoms with Gasteiger partial charge in [-0.3, -0.25) is 9.48 Å². The maximum atomic E-state index is 12.0. The number of rotatable bonds is 6. The molecule has 0 spiro atoms. The largest absolute Gasteiger partial charge is 0.374 e. The second-order valence-corrected chi connectivity index (χ2v) is 5.55. The molecular weight excluding hydrogens is 264 g/mol. The van der Waals surface area contributed by atoms with Crippen LogP contribution in [0.3, 0.4) is 0 Å². The molecule has 110 valence electrons. The van der Waals surface area contributed by atoms with Crippen molar-refractivity contribution in [1.29, 1.82) is 0 Å². The molecule has 1 aromatic carbocycles. The third kappa shape index (κ3) is 3.84. The summed E-state index contributed by atoms with van der Waals surface area (Å²) in [6.45, 7) is 2.61. The molecule has 1 aromatic heterocycles. The summed E-state index contributed by atoms with van der Waals surface area (Å²) in [5.74, 6) is 0.0648. The molecule has 5 heteroatoms. The fourth-order valence-electron chi connectivity index (χ4n) is 2.21. The SMILES string of the molecule is C[C@@H](Nc1cccc(Cn2cccn2)c1)C(=O)NC1CC1. The Morgan fingerprint density at radius 1 is 1.43 bits per heavy atom. The van der Waals surface area contributed by atoms with Gasteiger partial charge >= 0.3 is 0 Å². The van der Waals surface area contributed by atoms with Crippen molar-refractivity contribution in [3.63, 3.8) is 0 Å². The zero-order valence-electron chi connectivity index (χ0n) is 12.1. The third-order valence-electron chi connectivity index (χ3n) is 3.53. The predicted octanol–water partition coefficient (Wildman–Crippen LogP) is 2.01. The van der Waals surface area contributed by atoms with Gasteiger partial charge in [0.25, 0.3) is 0 Å². The van der Waals surface area contributed by atoms with Gasteiger partial charge in [-0.2, -0.15) is 5.10 Å². The van der Waals surface area contributed by atoms with E-state index in [-0.39, 0.29) is 11.9 Å². The molecule has 3 rings (SSSR count). The van der Waals surface area contributed by atoms with E-state index in [4.69, 9.17) is 0 Å². The van der Waals surface area contributed by atoms with Crippen LogP contribution in [0.25, 0.3) is 0 Å². The van der Waals surface area contributed by atoms with Gasteiger partial charge in [0.15, 0.2) is 0 Å². The first-order valence-electron chi connectivity index (χ1n) is 7.34. The highest BCUT2D eigenvalue weighted by Gasteiger charge is 2.25. The van der Waals surface area contributed by atoms with Crippen molar-refractivity contribution in [2.24, 2.45) is 0 Å². The van der Waals surface area contributed by atoms with Gasteiger partial charge in [0.1, 0.15) is 6.04 Å². The molecule has 2 N–H and O–H groups in total. The van der Waals surface area contributed by atoms with Crippen LogP contribution in [0.4, 0.5) is 5.69 Å². The Morgan fingerprint density at radius 3 is 3.00 bits per heavy atom. The molecule has 5 nitrogen and oxygen atoms in total. The predicted molar refractivity (Wildman–Crippen MR) is 82.0 cm³/mol. The Labute approximate surface area is 124 Å². The lowest BCUT2D eigenvalue weighted by molar-refractivity contribution is -0.121. The molecule has 1 saturated carbocycles. The van der Waals surface area contributed by atoms with Crippen molar-refractivity contribution in [2.75, 3.05) is 5.32 Å². The maximum Gasteiger partial charge on any atom is 0.242 e. The second kappa shape index (κ2) is 5.99. The lowest BCUT2D eigenvalue weighted by Crippen LogP contribution is -2.38. The fraction of sp³-hybridized carbons (Fsp3) is 0.375. The number of hydrogen-bond acceptors (Lipinski definition) is 3. The van der Waals surface area contributed by atoms with Crippen LogP contribution in [0.1, 0.15) is 25.3 Å². The number of anilines is 1. The molecule has 1 fully saturated rings. The van der Waals surface area contributed by atoms with E-state index < -0.39 is 0 Å². The number of nitrogens with one attached hydrogen (secondary N) is 2. The summed E-state index contributed by atoms with van der Waals surface area (Å²) in [5, 5.41) is 10.5. The number of nitrogens with zero attached hydrogens (tertiary/aromatic N) is 2. The molecule has 0 bridgehead atoms. The second-order valence-electron chi connectivity index (χ2n) is 5.55. The molecule has 1 atom stereocenters. The van der Waals surface area contributed by atoms with E-state index in [0.717, 1.165) is 30.6 Å². The molecule has 0 saturated heterocycles. The van der Waals surface area contributed by atoms with E-state index in [1.807, 2.05) is 36.0 Å². The van der Waals surface area contributed by atoms with Crippen LogP contribution in [0.2, 0.25) is 0 Å². The smallest absolute Gasteiger partial charge is 0.242 e. The summed E-state index contributed by atoms with van der Waals surface area (Å²) < 4.78 is 1.88. The molecule has 0 unspecified atom stereocenters.